The molecule has 0 aromatic carbocycles. The Bertz CT molecular complexity index is 98.1. The zero-order valence-electron chi connectivity index (χ0n) is 6.83. The molecule has 1 saturated carbocycles. The quantitative estimate of drug-likeness (QED) is 0.672. The largest absolute Gasteiger partial charge is 0.393 e. The van der Waals surface area contributed by atoms with Crippen molar-refractivity contribution in [3.63, 3.8) is 0 Å². The summed E-state index contributed by atoms with van der Waals surface area (Å²) in [4.78, 5) is 0. The zero-order valence-corrected chi connectivity index (χ0v) is 7.65. The number of aliphatic hydroxyl groups is 1. The fourth-order valence-electron chi connectivity index (χ4n) is 1.74. The van der Waals surface area contributed by atoms with Crippen molar-refractivity contribution in [3.8, 4) is 0 Å². The van der Waals surface area contributed by atoms with Crippen LogP contribution in [0.25, 0.3) is 0 Å². The van der Waals surface area contributed by atoms with E-state index in [1.165, 1.54) is 19.3 Å². The van der Waals surface area contributed by atoms with Crippen molar-refractivity contribution >= 4 is 12.4 Å². The molecule has 0 spiro atoms. The molecule has 0 aromatic rings. The lowest BCUT2D eigenvalue weighted by atomic mass is 9.84. The van der Waals surface area contributed by atoms with Crippen molar-refractivity contribution in [3.05, 3.63) is 0 Å². The summed E-state index contributed by atoms with van der Waals surface area (Å²) >= 11 is 0. The van der Waals surface area contributed by atoms with Crippen LogP contribution in [-0.2, 0) is 0 Å². The van der Waals surface area contributed by atoms with Gasteiger partial charge in [0.25, 0.3) is 0 Å². The molecule has 2 nitrogen and oxygen atoms in total. The maximum absolute atomic E-state index is 9.44. The van der Waals surface area contributed by atoms with Crippen molar-refractivity contribution in [2.75, 3.05) is 6.54 Å². The number of nitrogens with two attached hydrogens (primary N) is 1. The molecule has 0 radical (unpaired) electrons. The van der Waals surface area contributed by atoms with Crippen LogP contribution in [0.15, 0.2) is 0 Å². The lowest BCUT2D eigenvalue weighted by Gasteiger charge is -2.26. The van der Waals surface area contributed by atoms with Gasteiger partial charge in [0.05, 0.1) is 6.10 Å². The van der Waals surface area contributed by atoms with Crippen LogP contribution in [0.2, 0.25) is 0 Å². The smallest absolute Gasteiger partial charge is 0.0568 e. The third-order valence-electron chi connectivity index (χ3n) is 2.41. The van der Waals surface area contributed by atoms with Gasteiger partial charge in [-0.05, 0) is 31.7 Å². The highest BCUT2D eigenvalue weighted by molar-refractivity contribution is 5.85. The molecule has 0 aromatic heterocycles. The lowest BCUT2D eigenvalue weighted by Crippen LogP contribution is -2.26. The van der Waals surface area contributed by atoms with Crippen LogP contribution in [0.4, 0.5) is 0 Å². The van der Waals surface area contributed by atoms with Crippen LogP contribution < -0.4 is 5.73 Å². The molecule has 3 N–H and O–H groups in total. The van der Waals surface area contributed by atoms with E-state index in [1.807, 2.05) is 0 Å². The highest BCUT2D eigenvalue weighted by Gasteiger charge is 2.21. The monoisotopic (exact) mass is 179 g/mol. The molecular weight excluding hydrogens is 162 g/mol. The van der Waals surface area contributed by atoms with Crippen LogP contribution in [0.5, 0.6) is 0 Å². The first-order valence-electron chi connectivity index (χ1n) is 4.22. The van der Waals surface area contributed by atoms with E-state index in [4.69, 9.17) is 5.73 Å². The minimum absolute atomic E-state index is 0. The molecule has 0 amide bonds. The van der Waals surface area contributed by atoms with Crippen LogP contribution >= 0.6 is 12.4 Å². The van der Waals surface area contributed by atoms with Crippen molar-refractivity contribution in [2.24, 2.45) is 11.7 Å². The van der Waals surface area contributed by atoms with E-state index < -0.39 is 0 Å². The fourth-order valence-corrected chi connectivity index (χ4v) is 1.74. The second-order valence-corrected chi connectivity index (χ2v) is 3.19. The number of hydrogen-bond donors (Lipinski definition) is 2. The standard InChI is InChI=1S/C8H17NO.ClH/c9-6-5-7-3-1-2-4-8(7)10;/h7-8,10H,1-6,9H2;1H. The highest BCUT2D eigenvalue weighted by Crippen LogP contribution is 2.26. The van der Waals surface area contributed by atoms with Gasteiger partial charge in [-0.1, -0.05) is 12.8 Å². The minimum atomic E-state index is -0.0581. The Hall–Kier alpha value is 0.210. The van der Waals surface area contributed by atoms with Gasteiger partial charge in [-0.3, -0.25) is 0 Å². The first-order chi connectivity index (χ1) is 4.84. The fraction of sp³-hybridized carbons (Fsp3) is 1.00. The molecular formula is C8H18ClNO. The summed E-state index contributed by atoms with van der Waals surface area (Å²) in [5.74, 6) is 0.499. The summed E-state index contributed by atoms with van der Waals surface area (Å²) in [7, 11) is 0. The molecule has 0 saturated heterocycles. The maximum Gasteiger partial charge on any atom is 0.0568 e. The van der Waals surface area contributed by atoms with Gasteiger partial charge in [0.15, 0.2) is 0 Å². The van der Waals surface area contributed by atoms with Gasteiger partial charge in [0.1, 0.15) is 0 Å². The molecule has 1 rings (SSSR count). The Labute approximate surface area is 74.6 Å². The summed E-state index contributed by atoms with van der Waals surface area (Å²) in [6, 6.07) is 0. The third kappa shape index (κ3) is 3.41. The Morgan fingerprint density at radius 1 is 1.27 bits per heavy atom. The molecule has 1 aliphatic carbocycles. The van der Waals surface area contributed by atoms with Crippen LogP contribution in [0, 0.1) is 5.92 Å². The summed E-state index contributed by atoms with van der Waals surface area (Å²) in [5, 5.41) is 9.44. The Morgan fingerprint density at radius 3 is 2.45 bits per heavy atom. The summed E-state index contributed by atoms with van der Waals surface area (Å²) < 4.78 is 0. The van der Waals surface area contributed by atoms with Gasteiger partial charge in [0.2, 0.25) is 0 Å². The number of rotatable bonds is 2. The van der Waals surface area contributed by atoms with Gasteiger partial charge >= 0.3 is 0 Å². The molecule has 0 heterocycles. The molecule has 2 unspecified atom stereocenters. The van der Waals surface area contributed by atoms with E-state index in [2.05, 4.69) is 0 Å². The summed E-state index contributed by atoms with van der Waals surface area (Å²) in [5.41, 5.74) is 5.41. The van der Waals surface area contributed by atoms with Crippen LogP contribution in [-0.4, -0.2) is 17.8 Å². The van der Waals surface area contributed by atoms with E-state index in [0.29, 0.717) is 5.92 Å². The van der Waals surface area contributed by atoms with Gasteiger partial charge < -0.3 is 10.8 Å². The zero-order chi connectivity index (χ0) is 7.40. The molecule has 0 bridgehead atoms. The summed E-state index contributed by atoms with van der Waals surface area (Å²) in [6.45, 7) is 0.724. The normalized spacial score (nSPS) is 31.1. The Kier molecular flexibility index (Phi) is 5.92. The molecule has 1 aliphatic rings. The van der Waals surface area contributed by atoms with Gasteiger partial charge in [-0.25, -0.2) is 0 Å². The van der Waals surface area contributed by atoms with Crippen molar-refractivity contribution in [1.29, 1.82) is 0 Å². The van der Waals surface area contributed by atoms with Crippen LogP contribution in [0.3, 0.4) is 0 Å². The molecule has 1 fully saturated rings. The summed E-state index contributed by atoms with van der Waals surface area (Å²) in [6.07, 6.45) is 5.59. The number of halogens is 1. The second-order valence-electron chi connectivity index (χ2n) is 3.19. The van der Waals surface area contributed by atoms with Crippen molar-refractivity contribution in [1.82, 2.24) is 0 Å². The second kappa shape index (κ2) is 5.81. The van der Waals surface area contributed by atoms with Crippen LogP contribution in [0.1, 0.15) is 32.1 Å². The Balaban J connectivity index is 0.000001000. The van der Waals surface area contributed by atoms with Gasteiger partial charge in [0, 0.05) is 0 Å². The Morgan fingerprint density at radius 2 is 1.91 bits per heavy atom. The molecule has 0 aliphatic heterocycles. The highest BCUT2D eigenvalue weighted by atomic mass is 35.5. The average Bonchev–Trinajstić information content (AvgIpc) is 1.94. The molecule has 11 heavy (non-hydrogen) atoms. The topological polar surface area (TPSA) is 46.2 Å². The van der Waals surface area contributed by atoms with Gasteiger partial charge in [-0.2, -0.15) is 0 Å². The maximum atomic E-state index is 9.44. The predicted octanol–water partition coefficient (Wildman–Crippen LogP) is 1.31. The third-order valence-corrected chi connectivity index (χ3v) is 2.41. The predicted molar refractivity (Wildman–Crippen MR) is 48.9 cm³/mol. The molecule has 2 atom stereocenters. The van der Waals surface area contributed by atoms with Crippen molar-refractivity contribution < 1.29 is 5.11 Å². The van der Waals surface area contributed by atoms with E-state index >= 15 is 0 Å². The number of hydrogen-bond acceptors (Lipinski definition) is 2. The van der Waals surface area contributed by atoms with E-state index in [0.717, 1.165) is 19.4 Å². The first-order valence-corrected chi connectivity index (χ1v) is 4.22. The average molecular weight is 180 g/mol. The first kappa shape index (κ1) is 11.2. The van der Waals surface area contributed by atoms with Gasteiger partial charge in [-0.15, -0.1) is 12.4 Å². The van der Waals surface area contributed by atoms with Crippen molar-refractivity contribution in [2.45, 2.75) is 38.2 Å². The minimum Gasteiger partial charge on any atom is -0.393 e. The SMILES string of the molecule is Cl.NCCC1CCCCC1O. The van der Waals surface area contributed by atoms with E-state index in [9.17, 15) is 5.11 Å². The molecule has 3 heteroatoms. The van der Waals surface area contributed by atoms with E-state index in [1.54, 1.807) is 0 Å². The lowest BCUT2D eigenvalue weighted by molar-refractivity contribution is 0.0666. The number of aliphatic hydroxyl groups excluding tert-OH is 1. The molecule has 68 valence electrons. The van der Waals surface area contributed by atoms with E-state index in [-0.39, 0.29) is 18.5 Å².